The van der Waals surface area contributed by atoms with Crippen molar-refractivity contribution in [3.63, 3.8) is 0 Å². The molecule has 0 radical (unpaired) electrons. The first-order chi connectivity index (χ1) is 28.3. The van der Waals surface area contributed by atoms with Gasteiger partial charge in [-0.05, 0) is 80.9 Å². The minimum absolute atomic E-state index is 0.476. The van der Waals surface area contributed by atoms with E-state index in [9.17, 15) is 0 Å². The topological polar surface area (TPSA) is 56.7 Å². The SMILES string of the molecule is c1ccc(-c2nc(-c3ccc4c(c3)oc3ccccc34)nc(-n3c4ccccc4c4cc5c(cc43)C3(c4ccccc4-c4ccccc43)c3ccccc3-5)n2)cc1. The van der Waals surface area contributed by atoms with Crippen molar-refractivity contribution < 1.29 is 4.42 Å². The zero-order chi connectivity index (χ0) is 37.2. The van der Waals surface area contributed by atoms with Gasteiger partial charge in [-0.3, -0.25) is 4.57 Å². The summed E-state index contributed by atoms with van der Waals surface area (Å²) in [4.78, 5) is 15.7. The van der Waals surface area contributed by atoms with Gasteiger partial charge in [0.15, 0.2) is 11.6 Å². The number of hydrogen-bond acceptors (Lipinski definition) is 4. The third kappa shape index (κ3) is 4.04. The summed E-state index contributed by atoms with van der Waals surface area (Å²) in [6, 6.07) is 64.9. The van der Waals surface area contributed by atoms with Crippen LogP contribution in [0.3, 0.4) is 0 Å². The predicted octanol–water partition coefficient (Wildman–Crippen LogP) is 12.5. The Morgan fingerprint density at radius 3 is 1.68 bits per heavy atom. The molecule has 0 N–H and O–H groups in total. The molecule has 8 aromatic carbocycles. The molecule has 0 saturated heterocycles. The molecule has 0 atom stereocenters. The van der Waals surface area contributed by atoms with Crippen LogP contribution in [-0.4, -0.2) is 19.5 Å². The number of hydrogen-bond donors (Lipinski definition) is 0. The summed E-state index contributed by atoms with van der Waals surface area (Å²) in [5, 5.41) is 4.45. The molecule has 0 bridgehead atoms. The standard InChI is InChI=1S/C52H30N4O/c1-2-14-31(15-3-1)49-53-50(32-26-27-38-37-20-8-13-25-47(37)57-48(38)28-32)55-51(54-49)56-45-24-12-7-19-36(45)40-29-39-35-18-6-11-23-43(35)52(44(39)30-46(40)56)41-21-9-4-16-33(41)34-17-5-10-22-42(34)52/h1-30H. The van der Waals surface area contributed by atoms with Crippen molar-refractivity contribution in [3.05, 3.63) is 204 Å². The van der Waals surface area contributed by atoms with E-state index in [2.05, 4.69) is 150 Å². The molecule has 11 aromatic rings. The Bertz CT molecular complexity index is 3440. The molecule has 0 aliphatic heterocycles. The van der Waals surface area contributed by atoms with Crippen molar-refractivity contribution in [1.29, 1.82) is 0 Å². The maximum atomic E-state index is 6.34. The van der Waals surface area contributed by atoms with E-state index in [4.69, 9.17) is 19.4 Å². The summed E-state index contributed by atoms with van der Waals surface area (Å²) in [6.45, 7) is 0. The minimum Gasteiger partial charge on any atom is -0.456 e. The molecule has 5 nitrogen and oxygen atoms in total. The fourth-order valence-electron chi connectivity index (χ4n) is 9.94. The first-order valence-electron chi connectivity index (χ1n) is 19.4. The smallest absolute Gasteiger partial charge is 0.238 e. The van der Waals surface area contributed by atoms with Gasteiger partial charge in [0, 0.05) is 32.7 Å². The highest BCUT2D eigenvalue weighted by Crippen LogP contribution is 2.63. The Kier molecular flexibility index (Phi) is 6.04. The maximum absolute atomic E-state index is 6.34. The lowest BCUT2D eigenvalue weighted by atomic mass is 9.70. The van der Waals surface area contributed by atoms with Crippen LogP contribution in [0.4, 0.5) is 0 Å². The van der Waals surface area contributed by atoms with E-state index in [-0.39, 0.29) is 0 Å². The van der Waals surface area contributed by atoms with E-state index in [1.807, 2.05) is 36.4 Å². The second-order valence-electron chi connectivity index (χ2n) is 15.1. The molecule has 5 heteroatoms. The summed E-state index contributed by atoms with van der Waals surface area (Å²) in [5.74, 6) is 1.75. The molecule has 2 aliphatic carbocycles. The van der Waals surface area contributed by atoms with Gasteiger partial charge in [0.2, 0.25) is 5.95 Å². The summed E-state index contributed by atoms with van der Waals surface area (Å²) in [6.07, 6.45) is 0. The van der Waals surface area contributed by atoms with Crippen LogP contribution in [0, 0.1) is 0 Å². The van der Waals surface area contributed by atoms with Crippen LogP contribution in [0.25, 0.3) is 94.7 Å². The van der Waals surface area contributed by atoms with Gasteiger partial charge in [-0.2, -0.15) is 9.97 Å². The summed E-state index contributed by atoms with van der Waals surface area (Å²) in [5.41, 5.74) is 15.4. The zero-order valence-electron chi connectivity index (χ0n) is 30.5. The van der Waals surface area contributed by atoms with Crippen molar-refractivity contribution in [2.75, 3.05) is 0 Å². The minimum atomic E-state index is -0.476. The average molecular weight is 727 g/mol. The molecule has 1 spiro atoms. The van der Waals surface area contributed by atoms with E-state index < -0.39 is 5.41 Å². The van der Waals surface area contributed by atoms with Crippen molar-refractivity contribution in [2.45, 2.75) is 5.41 Å². The van der Waals surface area contributed by atoms with Crippen molar-refractivity contribution in [1.82, 2.24) is 19.5 Å². The Labute approximate surface area is 327 Å². The number of furan rings is 1. The molecule has 0 amide bonds. The molecule has 3 aromatic heterocycles. The van der Waals surface area contributed by atoms with Crippen LogP contribution in [-0.2, 0) is 5.41 Å². The second-order valence-corrected chi connectivity index (χ2v) is 15.1. The van der Waals surface area contributed by atoms with E-state index >= 15 is 0 Å². The highest BCUT2D eigenvalue weighted by atomic mass is 16.3. The molecule has 0 unspecified atom stereocenters. The van der Waals surface area contributed by atoms with Crippen LogP contribution in [0.2, 0.25) is 0 Å². The van der Waals surface area contributed by atoms with Crippen LogP contribution in [0.5, 0.6) is 0 Å². The van der Waals surface area contributed by atoms with Crippen LogP contribution < -0.4 is 0 Å². The van der Waals surface area contributed by atoms with Gasteiger partial charge < -0.3 is 4.42 Å². The molecule has 2 aliphatic rings. The molecule has 57 heavy (non-hydrogen) atoms. The highest BCUT2D eigenvalue weighted by Gasteiger charge is 2.51. The largest absolute Gasteiger partial charge is 0.456 e. The van der Waals surface area contributed by atoms with E-state index in [0.717, 1.165) is 54.9 Å². The third-order valence-electron chi connectivity index (χ3n) is 12.3. The first-order valence-corrected chi connectivity index (χ1v) is 19.4. The van der Waals surface area contributed by atoms with E-state index in [1.54, 1.807) is 0 Å². The normalized spacial score (nSPS) is 13.4. The molecular weight excluding hydrogens is 697 g/mol. The quantitative estimate of drug-likeness (QED) is 0.182. The van der Waals surface area contributed by atoms with E-state index in [0.29, 0.717) is 17.6 Å². The molecular formula is C52H30N4O. The Morgan fingerprint density at radius 2 is 0.947 bits per heavy atom. The Morgan fingerprint density at radius 1 is 0.368 bits per heavy atom. The van der Waals surface area contributed by atoms with Gasteiger partial charge >= 0.3 is 0 Å². The zero-order valence-corrected chi connectivity index (χ0v) is 30.5. The molecule has 264 valence electrons. The third-order valence-corrected chi connectivity index (χ3v) is 12.3. The average Bonchev–Trinajstić information content (AvgIpc) is 3.99. The molecule has 0 saturated carbocycles. The fourth-order valence-corrected chi connectivity index (χ4v) is 9.94. The van der Waals surface area contributed by atoms with Crippen molar-refractivity contribution in [2.24, 2.45) is 0 Å². The number of aromatic nitrogens is 4. The first kappa shape index (κ1) is 30.7. The van der Waals surface area contributed by atoms with Crippen molar-refractivity contribution in [3.8, 4) is 51.0 Å². The fraction of sp³-hybridized carbons (Fsp3) is 0.0192. The van der Waals surface area contributed by atoms with Crippen LogP contribution in [0.1, 0.15) is 22.3 Å². The summed E-state index contributed by atoms with van der Waals surface area (Å²) in [7, 11) is 0. The lowest BCUT2D eigenvalue weighted by Crippen LogP contribution is -2.25. The van der Waals surface area contributed by atoms with Crippen LogP contribution >= 0.6 is 0 Å². The second kappa shape index (κ2) is 11.2. The van der Waals surface area contributed by atoms with Crippen LogP contribution in [0.15, 0.2) is 186 Å². The number of benzene rings is 8. The summed E-state index contributed by atoms with van der Waals surface area (Å²) >= 11 is 0. The number of rotatable bonds is 3. The Balaban J connectivity index is 1.12. The molecule has 13 rings (SSSR count). The molecule has 3 heterocycles. The van der Waals surface area contributed by atoms with Gasteiger partial charge in [-0.25, -0.2) is 4.98 Å². The van der Waals surface area contributed by atoms with Crippen molar-refractivity contribution >= 4 is 43.7 Å². The van der Waals surface area contributed by atoms with Gasteiger partial charge in [-0.15, -0.1) is 0 Å². The van der Waals surface area contributed by atoms with Gasteiger partial charge in [0.25, 0.3) is 0 Å². The maximum Gasteiger partial charge on any atom is 0.238 e. The number of fused-ring (bicyclic) bond motifs is 16. The highest BCUT2D eigenvalue weighted by molar-refractivity contribution is 6.12. The monoisotopic (exact) mass is 726 g/mol. The summed E-state index contributed by atoms with van der Waals surface area (Å²) < 4.78 is 8.58. The number of nitrogens with zero attached hydrogens (tertiary/aromatic N) is 4. The Hall–Kier alpha value is -7.63. The lowest BCUT2D eigenvalue weighted by molar-refractivity contribution is 0.669. The van der Waals surface area contributed by atoms with E-state index in [1.165, 1.54) is 44.5 Å². The predicted molar refractivity (Wildman–Crippen MR) is 229 cm³/mol. The van der Waals surface area contributed by atoms with Gasteiger partial charge in [-0.1, -0.05) is 146 Å². The lowest BCUT2D eigenvalue weighted by Gasteiger charge is -2.30. The number of para-hydroxylation sites is 2. The molecule has 0 fully saturated rings. The van der Waals surface area contributed by atoms with Gasteiger partial charge in [0.1, 0.15) is 11.2 Å². The van der Waals surface area contributed by atoms with Gasteiger partial charge in [0.05, 0.1) is 16.4 Å².